The van der Waals surface area contributed by atoms with Crippen molar-refractivity contribution in [2.75, 3.05) is 11.5 Å². The van der Waals surface area contributed by atoms with Gasteiger partial charge in [0.05, 0.1) is 5.69 Å². The molecule has 0 bridgehead atoms. The Balaban J connectivity index is 2.52. The zero-order valence-corrected chi connectivity index (χ0v) is 14.8. The van der Waals surface area contributed by atoms with Gasteiger partial charge in [-0.15, -0.1) is 0 Å². The first kappa shape index (κ1) is 17.6. The molecule has 4 heteroatoms. The number of hydrogen-bond donors (Lipinski definition) is 1. The van der Waals surface area contributed by atoms with Crippen LogP contribution in [0.1, 0.15) is 51.6 Å². The average molecular weight is 298 g/mol. The van der Waals surface area contributed by atoms with Gasteiger partial charge in [0.1, 0.15) is 0 Å². The number of aromatic nitrogens is 2. The highest BCUT2D eigenvalue weighted by molar-refractivity contribution is 7.99. The van der Waals surface area contributed by atoms with Gasteiger partial charge in [0.25, 0.3) is 0 Å². The number of nitrogens with zero attached hydrogens (tertiary/aromatic N) is 2. The van der Waals surface area contributed by atoms with Crippen molar-refractivity contribution in [2.24, 2.45) is 13.0 Å². The highest BCUT2D eigenvalue weighted by Crippen LogP contribution is 2.16. The van der Waals surface area contributed by atoms with Gasteiger partial charge < -0.3 is 5.32 Å². The zero-order chi connectivity index (χ0) is 15.1. The van der Waals surface area contributed by atoms with Crippen LogP contribution in [0.5, 0.6) is 0 Å². The standard InChI is InChI=1S/C16H31N3S/c1-7-15-14(16(8-2)19(6)18-15)9-17-13(5)11-20-10-12(3)4/h12-13,17H,7-11H2,1-6H3/t13-/m0/s1. The molecule has 0 radical (unpaired) electrons. The number of rotatable bonds is 9. The maximum atomic E-state index is 4.63. The molecule has 20 heavy (non-hydrogen) atoms. The van der Waals surface area contributed by atoms with Crippen molar-refractivity contribution in [1.29, 1.82) is 0 Å². The Kier molecular flexibility index (Phi) is 7.67. The highest BCUT2D eigenvalue weighted by atomic mass is 32.2. The van der Waals surface area contributed by atoms with Crippen molar-refractivity contribution in [1.82, 2.24) is 15.1 Å². The van der Waals surface area contributed by atoms with Crippen LogP contribution in [0.4, 0.5) is 0 Å². The molecule has 3 nitrogen and oxygen atoms in total. The fraction of sp³-hybridized carbons (Fsp3) is 0.812. The molecule has 0 aliphatic heterocycles. The Bertz CT molecular complexity index is 399. The van der Waals surface area contributed by atoms with Crippen LogP contribution in [-0.4, -0.2) is 27.3 Å². The molecule has 1 rings (SSSR count). The Labute approximate surface area is 128 Å². The van der Waals surface area contributed by atoms with Crippen LogP contribution < -0.4 is 5.32 Å². The molecular weight excluding hydrogens is 266 g/mol. The fourth-order valence-corrected chi connectivity index (χ4v) is 3.49. The summed E-state index contributed by atoms with van der Waals surface area (Å²) in [4.78, 5) is 0. The molecule has 0 amide bonds. The van der Waals surface area contributed by atoms with Crippen LogP contribution in [0.25, 0.3) is 0 Å². The topological polar surface area (TPSA) is 29.9 Å². The number of hydrogen-bond acceptors (Lipinski definition) is 3. The maximum Gasteiger partial charge on any atom is 0.0669 e. The van der Waals surface area contributed by atoms with Gasteiger partial charge in [-0.05, 0) is 31.4 Å². The monoisotopic (exact) mass is 297 g/mol. The van der Waals surface area contributed by atoms with E-state index in [1.165, 1.54) is 28.5 Å². The minimum Gasteiger partial charge on any atom is -0.309 e. The van der Waals surface area contributed by atoms with Gasteiger partial charge in [0, 0.05) is 36.6 Å². The third kappa shape index (κ3) is 5.13. The van der Waals surface area contributed by atoms with Crippen LogP contribution in [0, 0.1) is 5.92 Å². The SMILES string of the molecule is CCc1nn(C)c(CC)c1CN[C@@H](C)CSCC(C)C. The van der Waals surface area contributed by atoms with E-state index in [0.717, 1.165) is 25.3 Å². The van der Waals surface area contributed by atoms with E-state index in [4.69, 9.17) is 0 Å². The molecule has 0 aromatic carbocycles. The summed E-state index contributed by atoms with van der Waals surface area (Å²) >= 11 is 2.05. The van der Waals surface area contributed by atoms with Gasteiger partial charge in [-0.1, -0.05) is 27.7 Å². The molecule has 0 unspecified atom stereocenters. The van der Waals surface area contributed by atoms with Crippen molar-refractivity contribution in [3.8, 4) is 0 Å². The summed E-state index contributed by atoms with van der Waals surface area (Å²) in [5.41, 5.74) is 4.04. The van der Waals surface area contributed by atoms with E-state index in [0.29, 0.717) is 6.04 Å². The van der Waals surface area contributed by atoms with Gasteiger partial charge in [-0.2, -0.15) is 16.9 Å². The molecule has 1 aromatic rings. The maximum absolute atomic E-state index is 4.63. The smallest absolute Gasteiger partial charge is 0.0669 e. The molecule has 1 heterocycles. The van der Waals surface area contributed by atoms with Crippen LogP contribution in [0.3, 0.4) is 0 Å². The Hall–Kier alpha value is -0.480. The molecule has 0 spiro atoms. The Morgan fingerprint density at radius 1 is 1.15 bits per heavy atom. The molecule has 1 N–H and O–H groups in total. The van der Waals surface area contributed by atoms with Gasteiger partial charge >= 0.3 is 0 Å². The quantitative estimate of drug-likeness (QED) is 0.757. The van der Waals surface area contributed by atoms with Gasteiger partial charge in [-0.3, -0.25) is 4.68 Å². The van der Waals surface area contributed by atoms with E-state index in [1.807, 2.05) is 16.4 Å². The second-order valence-electron chi connectivity index (χ2n) is 5.92. The molecular formula is C16H31N3S. The summed E-state index contributed by atoms with van der Waals surface area (Å²) in [5.74, 6) is 3.21. The molecule has 1 aromatic heterocycles. The van der Waals surface area contributed by atoms with Crippen molar-refractivity contribution in [3.05, 3.63) is 17.0 Å². The summed E-state index contributed by atoms with van der Waals surface area (Å²) in [7, 11) is 2.06. The third-order valence-corrected chi connectivity index (χ3v) is 5.11. The lowest BCUT2D eigenvalue weighted by Crippen LogP contribution is -2.28. The fourth-order valence-electron chi connectivity index (χ4n) is 2.41. The van der Waals surface area contributed by atoms with Crippen molar-refractivity contribution >= 4 is 11.8 Å². The molecule has 0 aliphatic carbocycles. The summed E-state index contributed by atoms with van der Waals surface area (Å²) in [5, 5.41) is 8.30. The minimum absolute atomic E-state index is 0.549. The predicted octanol–water partition coefficient (Wildman–Crippen LogP) is 3.41. The number of nitrogens with one attached hydrogen (secondary N) is 1. The molecule has 1 atom stereocenters. The second-order valence-corrected chi connectivity index (χ2v) is 6.99. The van der Waals surface area contributed by atoms with E-state index < -0.39 is 0 Å². The first-order valence-corrected chi connectivity index (χ1v) is 8.99. The summed E-state index contributed by atoms with van der Waals surface area (Å²) in [6.45, 7) is 12.2. The molecule has 0 saturated carbocycles. The van der Waals surface area contributed by atoms with E-state index in [-0.39, 0.29) is 0 Å². The summed E-state index contributed by atoms with van der Waals surface area (Å²) in [6.07, 6.45) is 2.07. The predicted molar refractivity (Wildman–Crippen MR) is 90.4 cm³/mol. The van der Waals surface area contributed by atoms with Crippen LogP contribution in [0.2, 0.25) is 0 Å². The van der Waals surface area contributed by atoms with Crippen LogP contribution in [-0.2, 0) is 26.4 Å². The summed E-state index contributed by atoms with van der Waals surface area (Å²) in [6, 6.07) is 0.549. The average Bonchev–Trinajstić information content (AvgIpc) is 2.71. The van der Waals surface area contributed by atoms with Crippen LogP contribution in [0.15, 0.2) is 0 Å². The highest BCUT2D eigenvalue weighted by Gasteiger charge is 2.14. The number of thioether (sulfide) groups is 1. The van der Waals surface area contributed by atoms with E-state index in [9.17, 15) is 0 Å². The lowest BCUT2D eigenvalue weighted by molar-refractivity contribution is 0.589. The third-order valence-electron chi connectivity index (χ3n) is 3.47. The van der Waals surface area contributed by atoms with Crippen molar-refractivity contribution in [3.63, 3.8) is 0 Å². The molecule has 116 valence electrons. The molecule has 0 aliphatic rings. The molecule has 0 saturated heterocycles. The number of aryl methyl sites for hydroxylation is 2. The lowest BCUT2D eigenvalue weighted by Gasteiger charge is -2.15. The zero-order valence-electron chi connectivity index (χ0n) is 14.0. The lowest BCUT2D eigenvalue weighted by atomic mass is 10.1. The van der Waals surface area contributed by atoms with E-state index in [2.05, 4.69) is 52.1 Å². The minimum atomic E-state index is 0.549. The van der Waals surface area contributed by atoms with E-state index in [1.54, 1.807) is 0 Å². The Morgan fingerprint density at radius 2 is 1.85 bits per heavy atom. The molecule has 0 fully saturated rings. The van der Waals surface area contributed by atoms with Crippen molar-refractivity contribution in [2.45, 2.75) is 60.0 Å². The first-order chi connectivity index (χ1) is 9.49. The van der Waals surface area contributed by atoms with Crippen LogP contribution >= 0.6 is 11.8 Å². The van der Waals surface area contributed by atoms with E-state index >= 15 is 0 Å². The first-order valence-electron chi connectivity index (χ1n) is 7.84. The van der Waals surface area contributed by atoms with Gasteiger partial charge in [-0.25, -0.2) is 0 Å². The second kappa shape index (κ2) is 8.73. The largest absolute Gasteiger partial charge is 0.309 e. The summed E-state index contributed by atoms with van der Waals surface area (Å²) < 4.78 is 2.05. The van der Waals surface area contributed by atoms with Crippen molar-refractivity contribution < 1.29 is 0 Å². The van der Waals surface area contributed by atoms with Gasteiger partial charge in [0.2, 0.25) is 0 Å². The normalized spacial score (nSPS) is 13.2. The van der Waals surface area contributed by atoms with Gasteiger partial charge in [0.15, 0.2) is 0 Å². The Morgan fingerprint density at radius 3 is 2.40 bits per heavy atom.